The summed E-state index contributed by atoms with van der Waals surface area (Å²) < 4.78 is 4.96. The topological polar surface area (TPSA) is 62.1 Å². The molecule has 0 saturated heterocycles. The fourth-order valence-electron chi connectivity index (χ4n) is 2.58. The van der Waals surface area contributed by atoms with Crippen molar-refractivity contribution < 1.29 is 14.6 Å². The highest BCUT2D eigenvalue weighted by atomic mass is 35.5. The van der Waals surface area contributed by atoms with Crippen LogP contribution in [0.2, 0.25) is 5.02 Å². The first-order chi connectivity index (χ1) is 10.5. The van der Waals surface area contributed by atoms with E-state index >= 15 is 0 Å². The second-order valence-electron chi connectivity index (χ2n) is 5.78. The Balaban J connectivity index is 1.87. The first-order valence-corrected chi connectivity index (χ1v) is 7.91. The highest BCUT2D eigenvalue weighted by Crippen LogP contribution is 2.37. The normalized spacial score (nSPS) is 24.3. The van der Waals surface area contributed by atoms with Crippen LogP contribution in [0.3, 0.4) is 0 Å². The number of hydrogen-bond acceptors (Lipinski definition) is 5. The fraction of sp³-hybridized carbons (Fsp3) is 0.500. The molecule has 2 aliphatic rings. The van der Waals surface area contributed by atoms with Crippen molar-refractivity contribution in [2.75, 3.05) is 18.1 Å². The van der Waals surface area contributed by atoms with Gasteiger partial charge in [0.2, 0.25) is 0 Å². The van der Waals surface area contributed by atoms with Crippen molar-refractivity contribution in [1.82, 2.24) is 0 Å². The first kappa shape index (κ1) is 15.3. The molecular formula is C16H19ClN2O3. The maximum Gasteiger partial charge on any atom is 0.363 e. The van der Waals surface area contributed by atoms with Crippen molar-refractivity contribution in [3.8, 4) is 0 Å². The number of rotatable bonds is 5. The molecule has 1 aromatic rings. The third kappa shape index (κ3) is 3.10. The van der Waals surface area contributed by atoms with Crippen LogP contribution in [-0.2, 0) is 9.53 Å². The van der Waals surface area contributed by atoms with Gasteiger partial charge in [0.1, 0.15) is 5.84 Å². The summed E-state index contributed by atoms with van der Waals surface area (Å²) in [4.78, 5) is 18.2. The van der Waals surface area contributed by atoms with Crippen LogP contribution < -0.4 is 4.90 Å². The molecule has 0 amide bonds. The molecule has 1 N–H and O–H groups in total. The van der Waals surface area contributed by atoms with Crippen LogP contribution in [0.4, 0.5) is 5.69 Å². The number of aliphatic hydroxyl groups is 1. The molecular weight excluding hydrogens is 304 g/mol. The Morgan fingerprint density at radius 1 is 1.45 bits per heavy atom. The molecule has 1 heterocycles. The van der Waals surface area contributed by atoms with E-state index in [4.69, 9.17) is 16.3 Å². The molecule has 118 valence electrons. The molecule has 1 aromatic carbocycles. The van der Waals surface area contributed by atoms with Gasteiger partial charge in [-0.05, 0) is 49.9 Å². The Bertz CT molecular complexity index is 598. The van der Waals surface area contributed by atoms with Crippen molar-refractivity contribution in [1.29, 1.82) is 0 Å². The molecule has 1 aliphatic carbocycles. The minimum absolute atomic E-state index is 0.0789. The van der Waals surface area contributed by atoms with E-state index in [0.717, 1.165) is 17.9 Å². The van der Waals surface area contributed by atoms with Crippen LogP contribution in [-0.4, -0.2) is 35.8 Å². The Kier molecular flexibility index (Phi) is 4.10. The number of carbonyl (C=O) groups excluding carboxylic acids is 1. The van der Waals surface area contributed by atoms with E-state index < -0.39 is 11.7 Å². The predicted molar refractivity (Wildman–Crippen MR) is 85.2 cm³/mol. The van der Waals surface area contributed by atoms with E-state index in [1.165, 1.54) is 12.8 Å². The molecule has 3 rings (SSSR count). The lowest BCUT2D eigenvalue weighted by Crippen LogP contribution is -2.43. The average Bonchev–Trinajstić information content (AvgIpc) is 3.23. The van der Waals surface area contributed by atoms with E-state index in [1.54, 1.807) is 19.1 Å². The zero-order valence-corrected chi connectivity index (χ0v) is 13.2. The molecule has 1 fully saturated rings. The van der Waals surface area contributed by atoms with Gasteiger partial charge in [-0.3, -0.25) is 0 Å². The lowest BCUT2D eigenvalue weighted by molar-refractivity contribution is -0.162. The number of ether oxygens (including phenoxy) is 1. The van der Waals surface area contributed by atoms with E-state index in [9.17, 15) is 9.90 Å². The Morgan fingerprint density at radius 3 is 2.73 bits per heavy atom. The summed E-state index contributed by atoms with van der Waals surface area (Å²) >= 11 is 5.92. The minimum atomic E-state index is -1.82. The highest BCUT2D eigenvalue weighted by Gasteiger charge is 2.46. The molecule has 0 bridgehead atoms. The monoisotopic (exact) mass is 322 g/mol. The van der Waals surface area contributed by atoms with E-state index in [-0.39, 0.29) is 13.2 Å². The van der Waals surface area contributed by atoms with Gasteiger partial charge in [-0.25, -0.2) is 9.79 Å². The van der Waals surface area contributed by atoms with Crippen LogP contribution in [0.1, 0.15) is 26.2 Å². The number of aliphatic imine (C=N–C) groups is 1. The second-order valence-corrected chi connectivity index (χ2v) is 6.21. The largest absolute Gasteiger partial charge is 0.462 e. The molecule has 5 nitrogen and oxygen atoms in total. The first-order valence-electron chi connectivity index (χ1n) is 7.53. The number of β-amino-alcohol motifs (C(OH)–C–C–N with tert-alkyl or cyclic N) is 1. The number of amidine groups is 1. The van der Waals surface area contributed by atoms with Crippen molar-refractivity contribution in [3.05, 3.63) is 29.3 Å². The SMILES string of the molecule is CCOC(=O)C1(O)CN(c2ccc(Cl)cc2)C(CC2CC2)=N1. The highest BCUT2D eigenvalue weighted by molar-refractivity contribution is 6.30. The summed E-state index contributed by atoms with van der Waals surface area (Å²) in [6.07, 6.45) is 3.11. The molecule has 6 heteroatoms. The standard InChI is InChI=1S/C16H19ClN2O3/c1-2-22-15(20)16(21)10-19(13-7-5-12(17)6-8-13)14(18-16)9-11-3-4-11/h5-8,11,21H,2-4,9-10H2,1H3. The van der Waals surface area contributed by atoms with Crippen LogP contribution in [0, 0.1) is 5.92 Å². The van der Waals surface area contributed by atoms with Crippen LogP contribution in [0.5, 0.6) is 0 Å². The molecule has 1 aliphatic heterocycles. The van der Waals surface area contributed by atoms with Gasteiger partial charge < -0.3 is 14.7 Å². The maximum absolute atomic E-state index is 12.0. The van der Waals surface area contributed by atoms with Gasteiger partial charge in [0.25, 0.3) is 5.72 Å². The number of anilines is 1. The van der Waals surface area contributed by atoms with Crippen LogP contribution >= 0.6 is 11.6 Å². The second kappa shape index (κ2) is 5.89. The number of benzene rings is 1. The van der Waals surface area contributed by atoms with Gasteiger partial charge in [0, 0.05) is 17.1 Å². The van der Waals surface area contributed by atoms with Crippen molar-refractivity contribution >= 4 is 29.1 Å². The summed E-state index contributed by atoms with van der Waals surface area (Å²) in [5, 5.41) is 11.2. The zero-order chi connectivity index (χ0) is 15.7. The van der Waals surface area contributed by atoms with Gasteiger partial charge in [0.05, 0.1) is 13.2 Å². The molecule has 1 unspecified atom stereocenters. The van der Waals surface area contributed by atoms with E-state index in [0.29, 0.717) is 10.9 Å². The van der Waals surface area contributed by atoms with Gasteiger partial charge in [-0.1, -0.05) is 11.6 Å². The summed E-state index contributed by atoms with van der Waals surface area (Å²) in [5.74, 6) is 0.637. The third-order valence-corrected chi connectivity index (χ3v) is 4.16. The zero-order valence-electron chi connectivity index (χ0n) is 12.5. The summed E-state index contributed by atoms with van der Waals surface area (Å²) in [7, 11) is 0. The predicted octanol–water partition coefficient (Wildman–Crippen LogP) is 2.61. The molecule has 0 aromatic heterocycles. The van der Waals surface area contributed by atoms with Crippen molar-refractivity contribution in [2.24, 2.45) is 10.9 Å². The Morgan fingerprint density at radius 2 is 2.14 bits per heavy atom. The summed E-state index contributed by atoms with van der Waals surface area (Å²) in [6.45, 7) is 2.01. The molecule has 0 radical (unpaired) electrons. The number of nitrogens with zero attached hydrogens (tertiary/aromatic N) is 2. The minimum Gasteiger partial charge on any atom is -0.462 e. The number of esters is 1. The lowest BCUT2D eigenvalue weighted by atomic mass is 10.2. The van der Waals surface area contributed by atoms with Gasteiger partial charge in [0.15, 0.2) is 0 Å². The Labute approximate surface area is 134 Å². The van der Waals surface area contributed by atoms with Gasteiger partial charge in [-0.15, -0.1) is 0 Å². The number of hydrogen-bond donors (Lipinski definition) is 1. The van der Waals surface area contributed by atoms with Crippen LogP contribution in [0.15, 0.2) is 29.3 Å². The summed E-state index contributed by atoms with van der Waals surface area (Å²) in [5.41, 5.74) is -0.955. The number of carbonyl (C=O) groups is 1. The molecule has 1 atom stereocenters. The van der Waals surface area contributed by atoms with E-state index in [2.05, 4.69) is 4.99 Å². The smallest absolute Gasteiger partial charge is 0.363 e. The number of halogens is 1. The molecule has 1 saturated carbocycles. The van der Waals surface area contributed by atoms with Gasteiger partial charge in [-0.2, -0.15) is 0 Å². The lowest BCUT2D eigenvalue weighted by Gasteiger charge is -2.23. The quantitative estimate of drug-likeness (QED) is 0.846. The molecule has 22 heavy (non-hydrogen) atoms. The van der Waals surface area contributed by atoms with Crippen molar-refractivity contribution in [3.63, 3.8) is 0 Å². The fourth-order valence-corrected chi connectivity index (χ4v) is 2.70. The molecule has 0 spiro atoms. The Hall–Kier alpha value is -1.59. The van der Waals surface area contributed by atoms with Gasteiger partial charge >= 0.3 is 5.97 Å². The third-order valence-electron chi connectivity index (χ3n) is 3.91. The average molecular weight is 323 g/mol. The van der Waals surface area contributed by atoms with E-state index in [1.807, 2.05) is 17.0 Å². The van der Waals surface area contributed by atoms with Crippen molar-refractivity contribution in [2.45, 2.75) is 31.9 Å². The maximum atomic E-state index is 12.0. The van der Waals surface area contributed by atoms with Crippen LogP contribution in [0.25, 0.3) is 0 Å². The summed E-state index contributed by atoms with van der Waals surface area (Å²) in [6, 6.07) is 7.30.